The van der Waals surface area contributed by atoms with Crippen LogP contribution in [0.3, 0.4) is 0 Å². The first kappa shape index (κ1) is 26.7. The van der Waals surface area contributed by atoms with Gasteiger partial charge in [-0.1, -0.05) is 106 Å². The Morgan fingerprint density at radius 2 is 1.33 bits per heavy atom. The molecular formula is C25H50OSi. The summed E-state index contributed by atoms with van der Waals surface area (Å²) in [5.41, 5.74) is 3.17. The van der Waals surface area contributed by atoms with Crippen LogP contribution in [-0.2, 0) is 4.43 Å². The minimum atomic E-state index is -1.86. The molecule has 0 N–H and O–H groups in total. The molecule has 1 unspecified atom stereocenters. The van der Waals surface area contributed by atoms with E-state index in [1.54, 1.807) is 0 Å². The van der Waals surface area contributed by atoms with E-state index in [1.165, 1.54) is 50.5 Å². The third kappa shape index (κ3) is 9.13. The number of unbranched alkanes of at least 4 members (excludes halogenated alkanes) is 5. The van der Waals surface area contributed by atoms with Gasteiger partial charge >= 0.3 is 0 Å². The number of rotatable bonds is 16. The molecule has 0 saturated carbocycles. The molecule has 0 aromatic heterocycles. The van der Waals surface area contributed by atoms with Crippen molar-refractivity contribution in [2.45, 2.75) is 136 Å². The smallest absolute Gasteiger partial charge is 0.201 e. The van der Waals surface area contributed by atoms with Gasteiger partial charge in [-0.05, 0) is 47.9 Å². The maximum absolute atomic E-state index is 7.13. The van der Waals surface area contributed by atoms with Gasteiger partial charge < -0.3 is 4.43 Å². The standard InChI is InChI=1S/C25H50OSi/c1-10-12-14-15-16-18-19-24(9)25(20-17-13-11-2)26-27(21(3)4,22(5)6)23(7)8/h16,18,21-23,25H,9-15,17,19-20H2,1-8H3/b18-16+. The summed E-state index contributed by atoms with van der Waals surface area (Å²) in [7, 11) is -1.86. The average molecular weight is 395 g/mol. The maximum atomic E-state index is 7.13. The van der Waals surface area contributed by atoms with Crippen LogP contribution in [0.2, 0.25) is 16.6 Å². The second-order valence-corrected chi connectivity index (χ2v) is 14.7. The van der Waals surface area contributed by atoms with Crippen LogP contribution < -0.4 is 0 Å². The van der Waals surface area contributed by atoms with Gasteiger partial charge in [-0.2, -0.15) is 0 Å². The fraction of sp³-hybridized carbons (Fsp3) is 0.840. The van der Waals surface area contributed by atoms with Crippen molar-refractivity contribution < 1.29 is 4.43 Å². The van der Waals surface area contributed by atoms with E-state index >= 15 is 0 Å². The van der Waals surface area contributed by atoms with Crippen molar-refractivity contribution in [2.24, 2.45) is 0 Å². The summed E-state index contributed by atoms with van der Waals surface area (Å²) < 4.78 is 7.13. The van der Waals surface area contributed by atoms with Gasteiger partial charge in [0, 0.05) is 0 Å². The van der Waals surface area contributed by atoms with Crippen LogP contribution in [0.1, 0.15) is 113 Å². The Hall–Kier alpha value is -0.343. The third-order valence-electron chi connectivity index (χ3n) is 6.10. The molecule has 0 saturated heterocycles. The van der Waals surface area contributed by atoms with Crippen LogP contribution in [0, 0.1) is 0 Å². The number of hydrogen-bond acceptors (Lipinski definition) is 1. The first-order valence-corrected chi connectivity index (χ1v) is 13.9. The minimum absolute atomic E-state index is 0.232. The van der Waals surface area contributed by atoms with Gasteiger partial charge in [0.2, 0.25) is 8.32 Å². The molecule has 0 fully saturated rings. The Balaban J connectivity index is 5.17. The van der Waals surface area contributed by atoms with Crippen molar-refractivity contribution >= 4 is 8.32 Å². The van der Waals surface area contributed by atoms with Crippen LogP contribution in [0.4, 0.5) is 0 Å². The summed E-state index contributed by atoms with van der Waals surface area (Å²) >= 11 is 0. The van der Waals surface area contributed by atoms with E-state index in [1.807, 2.05) is 0 Å². The molecular weight excluding hydrogens is 344 g/mol. The van der Waals surface area contributed by atoms with Gasteiger partial charge in [0.25, 0.3) is 0 Å². The Morgan fingerprint density at radius 3 is 1.81 bits per heavy atom. The molecule has 0 spiro atoms. The topological polar surface area (TPSA) is 9.23 Å². The zero-order chi connectivity index (χ0) is 20.9. The molecule has 0 aromatic carbocycles. The minimum Gasteiger partial charge on any atom is -0.409 e. The Kier molecular flexibility index (Phi) is 14.4. The summed E-state index contributed by atoms with van der Waals surface area (Å²) in [6, 6.07) is 0. The molecule has 0 aliphatic carbocycles. The van der Waals surface area contributed by atoms with Crippen LogP contribution in [-0.4, -0.2) is 14.4 Å². The lowest BCUT2D eigenvalue weighted by Crippen LogP contribution is -2.50. The van der Waals surface area contributed by atoms with Crippen LogP contribution in [0.25, 0.3) is 0 Å². The number of allylic oxidation sites excluding steroid dienone is 2. The van der Waals surface area contributed by atoms with E-state index in [4.69, 9.17) is 4.43 Å². The summed E-state index contributed by atoms with van der Waals surface area (Å²) in [4.78, 5) is 0. The highest BCUT2D eigenvalue weighted by molar-refractivity contribution is 6.77. The molecule has 0 aliphatic rings. The maximum Gasteiger partial charge on any atom is 0.201 e. The predicted molar refractivity (Wildman–Crippen MR) is 127 cm³/mol. The van der Waals surface area contributed by atoms with E-state index in [0.29, 0.717) is 16.6 Å². The lowest BCUT2D eigenvalue weighted by molar-refractivity contribution is 0.190. The van der Waals surface area contributed by atoms with Crippen molar-refractivity contribution in [3.63, 3.8) is 0 Å². The molecule has 0 amide bonds. The summed E-state index contributed by atoms with van der Waals surface area (Å²) in [6.07, 6.45) is 16.0. The molecule has 0 radical (unpaired) electrons. The van der Waals surface area contributed by atoms with Gasteiger partial charge in [-0.15, -0.1) is 0 Å². The molecule has 0 rings (SSSR count). The van der Waals surface area contributed by atoms with Crippen LogP contribution in [0.15, 0.2) is 24.3 Å². The second-order valence-electron chi connectivity index (χ2n) is 9.25. The highest BCUT2D eigenvalue weighted by Crippen LogP contribution is 2.44. The lowest BCUT2D eigenvalue weighted by Gasteiger charge is -2.45. The lowest BCUT2D eigenvalue weighted by atomic mass is 10.0. The fourth-order valence-corrected chi connectivity index (χ4v) is 10.2. The van der Waals surface area contributed by atoms with Crippen LogP contribution in [0.5, 0.6) is 0 Å². The average Bonchev–Trinajstić information content (AvgIpc) is 2.59. The monoisotopic (exact) mass is 394 g/mol. The summed E-state index contributed by atoms with van der Waals surface area (Å²) in [5, 5.41) is 0. The normalized spacial score (nSPS) is 14.0. The predicted octanol–water partition coefficient (Wildman–Crippen LogP) is 9.21. The molecule has 0 heterocycles. The summed E-state index contributed by atoms with van der Waals surface area (Å²) in [6.45, 7) is 23.3. The molecule has 2 heteroatoms. The summed E-state index contributed by atoms with van der Waals surface area (Å²) in [5.74, 6) is 0. The fourth-order valence-electron chi connectivity index (χ4n) is 4.58. The highest BCUT2D eigenvalue weighted by Gasteiger charge is 2.46. The molecule has 160 valence electrons. The van der Waals surface area contributed by atoms with Crippen molar-refractivity contribution in [1.29, 1.82) is 0 Å². The van der Waals surface area contributed by atoms with Crippen molar-refractivity contribution in [1.82, 2.24) is 0 Å². The van der Waals surface area contributed by atoms with E-state index in [2.05, 4.69) is 74.1 Å². The van der Waals surface area contributed by atoms with Gasteiger partial charge in [0.15, 0.2) is 0 Å². The van der Waals surface area contributed by atoms with Crippen molar-refractivity contribution in [3.8, 4) is 0 Å². The third-order valence-corrected chi connectivity index (χ3v) is 12.2. The van der Waals surface area contributed by atoms with Gasteiger partial charge in [-0.25, -0.2) is 0 Å². The van der Waals surface area contributed by atoms with E-state index in [-0.39, 0.29) is 6.10 Å². The molecule has 27 heavy (non-hydrogen) atoms. The zero-order valence-electron chi connectivity index (χ0n) is 19.9. The van der Waals surface area contributed by atoms with Crippen molar-refractivity contribution in [3.05, 3.63) is 24.3 Å². The van der Waals surface area contributed by atoms with Crippen molar-refractivity contribution in [2.75, 3.05) is 0 Å². The zero-order valence-corrected chi connectivity index (χ0v) is 20.9. The Bertz CT molecular complexity index is 387. The molecule has 0 bridgehead atoms. The first-order chi connectivity index (χ1) is 12.7. The Labute approximate surface area is 173 Å². The molecule has 1 atom stereocenters. The van der Waals surface area contributed by atoms with Gasteiger partial charge in [0.1, 0.15) is 0 Å². The van der Waals surface area contributed by atoms with E-state index < -0.39 is 8.32 Å². The first-order valence-electron chi connectivity index (χ1n) is 11.7. The second kappa shape index (κ2) is 14.6. The quantitative estimate of drug-likeness (QED) is 0.144. The molecule has 0 aromatic rings. The SMILES string of the molecule is C=C(C/C=C/CCCCC)C(CCCCC)O[Si](C(C)C)(C(C)C)C(C)C. The Morgan fingerprint density at radius 1 is 0.815 bits per heavy atom. The molecule has 1 nitrogen and oxygen atoms in total. The van der Waals surface area contributed by atoms with E-state index in [0.717, 1.165) is 12.8 Å². The largest absolute Gasteiger partial charge is 0.409 e. The van der Waals surface area contributed by atoms with Gasteiger partial charge in [-0.3, -0.25) is 0 Å². The van der Waals surface area contributed by atoms with Gasteiger partial charge in [0.05, 0.1) is 6.10 Å². The van der Waals surface area contributed by atoms with Crippen LogP contribution >= 0.6 is 0 Å². The van der Waals surface area contributed by atoms with E-state index in [9.17, 15) is 0 Å². The molecule has 0 aliphatic heterocycles. The highest BCUT2D eigenvalue weighted by atomic mass is 28.4. The number of hydrogen-bond donors (Lipinski definition) is 0.